The fraction of sp³-hybridized carbons (Fsp3) is 0.562. The molecule has 2 aromatic carbocycles. The van der Waals surface area contributed by atoms with Gasteiger partial charge in [0.2, 0.25) is 5.91 Å². The zero-order valence-electron chi connectivity index (χ0n) is 24.6. The molecule has 7 heteroatoms. The number of phenolic OH excluding ortho intramolecular Hbond substituents is 1. The third-order valence-electron chi connectivity index (χ3n) is 8.17. The smallest absolute Gasteiger partial charge is 0.231 e. The topological polar surface area (TPSA) is 72.9 Å². The largest absolute Gasteiger partial charge is 0.508 e. The summed E-state index contributed by atoms with van der Waals surface area (Å²) < 4.78 is 15.1. The predicted molar refractivity (Wildman–Crippen MR) is 155 cm³/mol. The van der Waals surface area contributed by atoms with Gasteiger partial charge in [0.05, 0.1) is 5.41 Å². The summed E-state index contributed by atoms with van der Waals surface area (Å²) >= 11 is 0. The number of halogens is 1. The second-order valence-electron chi connectivity index (χ2n) is 11.9. The second kappa shape index (κ2) is 13.1. The van der Waals surface area contributed by atoms with Crippen LogP contribution in [0.5, 0.6) is 5.75 Å². The number of hydrogen-bond acceptors (Lipinski definition) is 5. The molecule has 0 saturated carbocycles. The standard InChI is InChI=1S/C32H46FN3O3/c1-21(2)36(22(3)4)31(39)32(16-8-9-17-35(6)7)20-34-19-27(30(38)24-12-10-13-25(37)18-24)29(32)26-14-11-15-28(33)23(26)5/h10-15,18,21-22,27,29,34,37H,8-9,16-17,19-20H2,1-7H3/t27-,29-,32+/m0/s1. The molecule has 0 bridgehead atoms. The van der Waals surface area contributed by atoms with Crippen LogP contribution in [0.1, 0.15) is 74.4 Å². The summed E-state index contributed by atoms with van der Waals surface area (Å²) in [5, 5.41) is 13.6. The van der Waals surface area contributed by atoms with E-state index in [1.807, 2.05) is 52.8 Å². The van der Waals surface area contributed by atoms with Crippen molar-refractivity contribution in [3.63, 3.8) is 0 Å². The third-order valence-corrected chi connectivity index (χ3v) is 8.17. The molecule has 2 N–H and O–H groups in total. The Morgan fingerprint density at radius 3 is 2.36 bits per heavy atom. The van der Waals surface area contributed by atoms with Crippen LogP contribution in [0.2, 0.25) is 0 Å². The number of aromatic hydroxyl groups is 1. The van der Waals surface area contributed by atoms with Crippen LogP contribution in [0.3, 0.4) is 0 Å². The summed E-state index contributed by atoms with van der Waals surface area (Å²) in [6.07, 6.45) is 2.28. The first-order valence-electron chi connectivity index (χ1n) is 14.2. The number of ketones is 1. The van der Waals surface area contributed by atoms with Gasteiger partial charge < -0.3 is 20.2 Å². The molecule has 1 heterocycles. The fourth-order valence-electron chi connectivity index (χ4n) is 6.41. The van der Waals surface area contributed by atoms with E-state index in [9.17, 15) is 14.7 Å². The second-order valence-corrected chi connectivity index (χ2v) is 11.9. The lowest BCUT2D eigenvalue weighted by Crippen LogP contribution is -2.61. The summed E-state index contributed by atoms with van der Waals surface area (Å²) in [4.78, 5) is 33.0. The SMILES string of the molecule is Cc1c(F)cccc1[C@H]1[C@@H](C(=O)c2cccc(O)c2)CNC[C@@]1(CCCCN(C)C)C(=O)N(C(C)C)C(C)C. The Balaban J connectivity index is 2.24. The molecule has 3 atom stereocenters. The number of benzene rings is 2. The van der Waals surface area contributed by atoms with E-state index in [0.717, 1.165) is 19.4 Å². The number of unbranched alkanes of at least 4 members (excludes halogenated alkanes) is 1. The predicted octanol–water partition coefficient (Wildman–Crippen LogP) is 5.39. The average Bonchev–Trinajstić information content (AvgIpc) is 2.87. The van der Waals surface area contributed by atoms with E-state index in [1.54, 1.807) is 25.1 Å². The Hall–Kier alpha value is -2.77. The highest BCUT2D eigenvalue weighted by Gasteiger charge is 2.55. The van der Waals surface area contributed by atoms with Crippen molar-refractivity contribution in [3.8, 4) is 5.75 Å². The van der Waals surface area contributed by atoms with Crippen LogP contribution in [0.4, 0.5) is 4.39 Å². The van der Waals surface area contributed by atoms with Gasteiger partial charge in [0.15, 0.2) is 5.78 Å². The van der Waals surface area contributed by atoms with E-state index in [1.165, 1.54) is 18.2 Å². The molecule has 214 valence electrons. The monoisotopic (exact) mass is 539 g/mol. The Labute approximate surface area is 233 Å². The molecule has 0 unspecified atom stereocenters. The van der Waals surface area contributed by atoms with E-state index in [0.29, 0.717) is 36.2 Å². The lowest BCUT2D eigenvalue weighted by molar-refractivity contribution is -0.150. The normalized spacial score (nSPS) is 21.5. The molecule has 0 aliphatic carbocycles. The summed E-state index contributed by atoms with van der Waals surface area (Å²) in [6.45, 7) is 11.5. The number of rotatable bonds is 11. The molecule has 2 aromatic rings. The van der Waals surface area contributed by atoms with Crippen molar-refractivity contribution in [2.75, 3.05) is 33.7 Å². The molecular formula is C32H46FN3O3. The van der Waals surface area contributed by atoms with Gasteiger partial charge in [-0.05, 0) is 97.4 Å². The highest BCUT2D eigenvalue weighted by atomic mass is 19.1. The number of carbonyl (C=O) groups is 2. The molecule has 1 aliphatic rings. The maximum Gasteiger partial charge on any atom is 0.231 e. The Morgan fingerprint density at radius 2 is 1.74 bits per heavy atom. The van der Waals surface area contributed by atoms with Gasteiger partial charge in [0.1, 0.15) is 11.6 Å². The number of carbonyl (C=O) groups excluding carboxylic acids is 2. The van der Waals surface area contributed by atoms with Crippen LogP contribution in [-0.4, -0.2) is 72.4 Å². The van der Waals surface area contributed by atoms with Crippen LogP contribution in [-0.2, 0) is 4.79 Å². The minimum absolute atomic E-state index is 0.00641. The van der Waals surface area contributed by atoms with Crippen LogP contribution in [0.15, 0.2) is 42.5 Å². The van der Waals surface area contributed by atoms with E-state index in [-0.39, 0.29) is 35.3 Å². The first kappa shape index (κ1) is 30.8. The molecule has 1 amide bonds. The van der Waals surface area contributed by atoms with Crippen molar-refractivity contribution in [1.82, 2.24) is 15.1 Å². The number of phenols is 1. The maximum atomic E-state index is 15.1. The first-order valence-corrected chi connectivity index (χ1v) is 14.2. The third kappa shape index (κ3) is 6.69. The maximum absolute atomic E-state index is 15.1. The Bertz CT molecular complexity index is 1140. The fourth-order valence-corrected chi connectivity index (χ4v) is 6.41. The van der Waals surface area contributed by atoms with Crippen molar-refractivity contribution in [1.29, 1.82) is 0 Å². The number of nitrogens with one attached hydrogen (secondary N) is 1. The Morgan fingerprint density at radius 1 is 1.08 bits per heavy atom. The van der Waals surface area contributed by atoms with Crippen LogP contribution in [0.25, 0.3) is 0 Å². The van der Waals surface area contributed by atoms with E-state index in [4.69, 9.17) is 0 Å². The summed E-state index contributed by atoms with van der Waals surface area (Å²) in [5.74, 6) is -1.62. The van der Waals surface area contributed by atoms with Gasteiger partial charge in [-0.25, -0.2) is 4.39 Å². The molecule has 3 rings (SSSR count). The van der Waals surface area contributed by atoms with Crippen LogP contribution >= 0.6 is 0 Å². The van der Waals surface area contributed by atoms with Gasteiger partial charge in [-0.1, -0.05) is 30.7 Å². The summed E-state index contributed by atoms with van der Waals surface area (Å²) in [5.41, 5.74) is 0.628. The lowest BCUT2D eigenvalue weighted by atomic mass is 9.59. The van der Waals surface area contributed by atoms with Crippen molar-refractivity contribution in [2.24, 2.45) is 11.3 Å². The van der Waals surface area contributed by atoms with E-state index in [2.05, 4.69) is 10.2 Å². The zero-order valence-corrected chi connectivity index (χ0v) is 24.6. The molecule has 1 saturated heterocycles. The number of hydrogen-bond donors (Lipinski definition) is 2. The van der Waals surface area contributed by atoms with Crippen LogP contribution in [0, 0.1) is 24.1 Å². The summed E-state index contributed by atoms with van der Waals surface area (Å²) in [6, 6.07) is 11.3. The number of amides is 1. The van der Waals surface area contributed by atoms with Crippen molar-refractivity contribution >= 4 is 11.7 Å². The molecule has 1 fully saturated rings. The van der Waals surface area contributed by atoms with Crippen molar-refractivity contribution in [2.45, 2.75) is 71.9 Å². The molecule has 0 spiro atoms. The van der Waals surface area contributed by atoms with Gasteiger partial charge in [0.25, 0.3) is 0 Å². The van der Waals surface area contributed by atoms with Gasteiger partial charge in [0, 0.05) is 42.6 Å². The summed E-state index contributed by atoms with van der Waals surface area (Å²) in [7, 11) is 4.07. The van der Waals surface area contributed by atoms with E-state index < -0.39 is 17.3 Å². The number of Topliss-reactive ketones (excluding diaryl/α,β-unsaturated/α-hetero) is 1. The molecular weight excluding hydrogens is 493 g/mol. The Kier molecular flexibility index (Phi) is 10.3. The molecule has 39 heavy (non-hydrogen) atoms. The van der Waals surface area contributed by atoms with E-state index >= 15 is 4.39 Å². The van der Waals surface area contributed by atoms with Crippen LogP contribution < -0.4 is 5.32 Å². The highest BCUT2D eigenvalue weighted by Crippen LogP contribution is 2.50. The average molecular weight is 540 g/mol. The number of nitrogens with zero attached hydrogens (tertiary/aromatic N) is 2. The quantitative estimate of drug-likeness (QED) is 0.296. The molecule has 6 nitrogen and oxygen atoms in total. The van der Waals surface area contributed by atoms with Gasteiger partial charge in [-0.2, -0.15) is 0 Å². The van der Waals surface area contributed by atoms with Gasteiger partial charge in [-0.15, -0.1) is 0 Å². The minimum atomic E-state index is -0.950. The molecule has 0 radical (unpaired) electrons. The molecule has 1 aliphatic heterocycles. The van der Waals surface area contributed by atoms with Gasteiger partial charge in [-0.3, -0.25) is 9.59 Å². The lowest BCUT2D eigenvalue weighted by Gasteiger charge is -2.51. The van der Waals surface area contributed by atoms with Gasteiger partial charge >= 0.3 is 0 Å². The molecule has 0 aromatic heterocycles. The minimum Gasteiger partial charge on any atom is -0.508 e. The first-order chi connectivity index (χ1) is 18.4. The zero-order chi connectivity index (χ0) is 28.9. The number of piperidine rings is 1. The van der Waals surface area contributed by atoms with Crippen molar-refractivity contribution < 1.29 is 19.1 Å². The highest BCUT2D eigenvalue weighted by molar-refractivity contribution is 6.00. The van der Waals surface area contributed by atoms with Crippen molar-refractivity contribution in [3.05, 3.63) is 65.0 Å².